The van der Waals surface area contributed by atoms with Gasteiger partial charge in [0.15, 0.2) is 0 Å². The molecule has 2 amide bonds. The van der Waals surface area contributed by atoms with Crippen molar-refractivity contribution < 1.29 is 4.79 Å². The van der Waals surface area contributed by atoms with Gasteiger partial charge in [0.2, 0.25) is 0 Å². The van der Waals surface area contributed by atoms with Gasteiger partial charge in [-0.25, -0.2) is 4.79 Å². The van der Waals surface area contributed by atoms with Gasteiger partial charge in [0.05, 0.1) is 0 Å². The van der Waals surface area contributed by atoms with E-state index in [9.17, 15) is 4.79 Å². The molecule has 0 N–H and O–H groups in total. The zero-order valence-corrected chi connectivity index (χ0v) is 12.7. The number of para-hydroxylation sites is 1. The monoisotopic (exact) mass is 300 g/mol. The topological polar surface area (TPSA) is 23.6 Å². The molecule has 0 aliphatic carbocycles. The maximum absolute atomic E-state index is 12.6. The van der Waals surface area contributed by atoms with E-state index in [-0.39, 0.29) is 6.03 Å². The highest BCUT2D eigenvalue weighted by Crippen LogP contribution is 2.28. The first-order valence-corrected chi connectivity index (χ1v) is 7.38. The lowest BCUT2D eigenvalue weighted by Crippen LogP contribution is -2.39. The molecule has 2 aromatic rings. The fraction of sp³-hybridized carbons (Fsp3) is 0.235. The average molecular weight is 301 g/mol. The molecule has 0 spiro atoms. The molecule has 0 saturated heterocycles. The third kappa shape index (κ3) is 2.88. The van der Waals surface area contributed by atoms with Crippen LogP contribution in [0.2, 0.25) is 5.02 Å². The molecule has 0 atom stereocenters. The number of urea groups is 1. The number of fused-ring (bicyclic) bond motifs is 1. The van der Waals surface area contributed by atoms with Crippen LogP contribution in [0.5, 0.6) is 0 Å². The Bertz CT molecular complexity index is 654. The van der Waals surface area contributed by atoms with Crippen molar-refractivity contribution in [2.45, 2.75) is 13.0 Å². The smallest absolute Gasteiger partial charge is 0.323 e. The summed E-state index contributed by atoms with van der Waals surface area (Å²) in [4.78, 5) is 16.2. The molecular weight excluding hydrogens is 284 g/mol. The Balaban J connectivity index is 1.72. The van der Waals surface area contributed by atoms with E-state index < -0.39 is 0 Å². The molecule has 0 bridgehead atoms. The predicted octanol–water partition coefficient (Wildman–Crippen LogP) is 3.95. The zero-order valence-electron chi connectivity index (χ0n) is 11.9. The lowest BCUT2D eigenvalue weighted by molar-refractivity contribution is 0.214. The Hall–Kier alpha value is -2.00. The molecule has 0 fully saturated rings. The van der Waals surface area contributed by atoms with Gasteiger partial charge in [-0.1, -0.05) is 41.9 Å². The van der Waals surface area contributed by atoms with Gasteiger partial charge in [0.1, 0.15) is 0 Å². The van der Waals surface area contributed by atoms with Gasteiger partial charge >= 0.3 is 6.03 Å². The molecule has 1 heterocycles. The number of rotatable bonds is 2. The number of nitrogens with zero attached hydrogens (tertiary/aromatic N) is 2. The van der Waals surface area contributed by atoms with Crippen LogP contribution in [0.4, 0.5) is 10.5 Å². The van der Waals surface area contributed by atoms with Crippen molar-refractivity contribution in [3.8, 4) is 0 Å². The zero-order chi connectivity index (χ0) is 14.8. The number of benzene rings is 2. The molecule has 4 heteroatoms. The Morgan fingerprint density at radius 3 is 2.67 bits per heavy atom. The van der Waals surface area contributed by atoms with E-state index in [0.29, 0.717) is 11.6 Å². The standard InChI is InChI=1S/C17H17ClN2O/c1-19(12-13-6-8-15(18)9-7-13)17(21)20-11-10-14-4-2-3-5-16(14)20/h2-9H,10-12H2,1H3. The first kappa shape index (κ1) is 14.0. The molecule has 21 heavy (non-hydrogen) atoms. The number of anilines is 1. The van der Waals surface area contributed by atoms with Gasteiger partial charge < -0.3 is 4.90 Å². The molecule has 2 aromatic carbocycles. The van der Waals surface area contributed by atoms with E-state index >= 15 is 0 Å². The van der Waals surface area contributed by atoms with Crippen LogP contribution < -0.4 is 4.90 Å². The second-order valence-electron chi connectivity index (χ2n) is 5.30. The number of carbonyl (C=O) groups is 1. The van der Waals surface area contributed by atoms with E-state index in [1.807, 2.05) is 54.4 Å². The van der Waals surface area contributed by atoms with Crippen molar-refractivity contribution >= 4 is 23.3 Å². The fourth-order valence-electron chi connectivity index (χ4n) is 2.67. The second-order valence-corrected chi connectivity index (χ2v) is 5.73. The van der Waals surface area contributed by atoms with Crippen LogP contribution >= 0.6 is 11.6 Å². The SMILES string of the molecule is CN(Cc1ccc(Cl)cc1)C(=O)N1CCc2ccccc21. The summed E-state index contributed by atoms with van der Waals surface area (Å²) in [5.74, 6) is 0. The Kier molecular flexibility index (Phi) is 3.84. The van der Waals surface area contributed by atoms with Gasteiger partial charge in [-0.2, -0.15) is 0 Å². The highest BCUT2D eigenvalue weighted by molar-refractivity contribution is 6.30. The van der Waals surface area contributed by atoms with Gasteiger partial charge in [-0.15, -0.1) is 0 Å². The number of hydrogen-bond acceptors (Lipinski definition) is 1. The molecule has 1 aliphatic heterocycles. The predicted molar refractivity (Wildman–Crippen MR) is 85.8 cm³/mol. The molecular formula is C17H17ClN2O. The Labute approximate surface area is 129 Å². The number of carbonyl (C=O) groups excluding carboxylic acids is 1. The largest absolute Gasteiger partial charge is 0.324 e. The maximum Gasteiger partial charge on any atom is 0.324 e. The van der Waals surface area contributed by atoms with E-state index in [1.165, 1.54) is 5.56 Å². The van der Waals surface area contributed by atoms with E-state index in [4.69, 9.17) is 11.6 Å². The van der Waals surface area contributed by atoms with Gasteiger partial charge in [-0.05, 0) is 35.7 Å². The van der Waals surface area contributed by atoms with Crippen molar-refractivity contribution in [2.75, 3.05) is 18.5 Å². The van der Waals surface area contributed by atoms with Gasteiger partial charge in [0.25, 0.3) is 0 Å². The van der Waals surface area contributed by atoms with E-state index in [1.54, 1.807) is 4.90 Å². The Morgan fingerprint density at radius 2 is 1.90 bits per heavy atom. The van der Waals surface area contributed by atoms with Crippen molar-refractivity contribution in [1.29, 1.82) is 0 Å². The first-order chi connectivity index (χ1) is 10.1. The summed E-state index contributed by atoms with van der Waals surface area (Å²) in [6.07, 6.45) is 0.927. The van der Waals surface area contributed by atoms with Crippen LogP contribution in [0.3, 0.4) is 0 Å². The highest BCUT2D eigenvalue weighted by Gasteiger charge is 2.26. The van der Waals surface area contributed by atoms with Gasteiger partial charge in [0, 0.05) is 30.8 Å². The van der Waals surface area contributed by atoms with Crippen LogP contribution in [0.15, 0.2) is 48.5 Å². The average Bonchev–Trinajstić information content (AvgIpc) is 2.92. The molecule has 3 rings (SSSR count). The maximum atomic E-state index is 12.6. The molecule has 1 aliphatic rings. The van der Waals surface area contributed by atoms with E-state index in [0.717, 1.165) is 24.2 Å². The third-order valence-corrected chi connectivity index (χ3v) is 4.03. The van der Waals surface area contributed by atoms with Crippen LogP contribution in [0, 0.1) is 0 Å². The van der Waals surface area contributed by atoms with Crippen molar-refractivity contribution in [3.05, 3.63) is 64.7 Å². The van der Waals surface area contributed by atoms with Gasteiger partial charge in [-0.3, -0.25) is 4.90 Å². The minimum Gasteiger partial charge on any atom is -0.323 e. The normalized spacial score (nSPS) is 13.1. The summed E-state index contributed by atoms with van der Waals surface area (Å²) < 4.78 is 0. The summed E-state index contributed by atoms with van der Waals surface area (Å²) in [7, 11) is 1.83. The summed E-state index contributed by atoms with van der Waals surface area (Å²) >= 11 is 5.88. The molecule has 0 aromatic heterocycles. The minimum atomic E-state index is 0.0369. The molecule has 108 valence electrons. The minimum absolute atomic E-state index is 0.0369. The van der Waals surface area contributed by atoms with Crippen molar-refractivity contribution in [3.63, 3.8) is 0 Å². The Morgan fingerprint density at radius 1 is 1.19 bits per heavy atom. The summed E-state index contributed by atoms with van der Waals surface area (Å²) in [6, 6.07) is 15.7. The van der Waals surface area contributed by atoms with Crippen LogP contribution in [0.1, 0.15) is 11.1 Å². The highest BCUT2D eigenvalue weighted by atomic mass is 35.5. The van der Waals surface area contributed by atoms with E-state index in [2.05, 4.69) is 6.07 Å². The number of hydrogen-bond donors (Lipinski definition) is 0. The number of halogens is 1. The summed E-state index contributed by atoms with van der Waals surface area (Å²) in [5, 5.41) is 0.709. The molecule has 3 nitrogen and oxygen atoms in total. The second kappa shape index (κ2) is 5.78. The quantitative estimate of drug-likeness (QED) is 0.823. The van der Waals surface area contributed by atoms with Crippen LogP contribution in [0.25, 0.3) is 0 Å². The summed E-state index contributed by atoms with van der Waals surface area (Å²) in [5.41, 5.74) is 3.35. The molecule has 0 unspecified atom stereocenters. The number of amides is 2. The molecule has 0 radical (unpaired) electrons. The first-order valence-electron chi connectivity index (χ1n) is 7.00. The summed E-state index contributed by atoms with van der Waals surface area (Å²) in [6.45, 7) is 1.33. The lowest BCUT2D eigenvalue weighted by atomic mass is 10.2. The fourth-order valence-corrected chi connectivity index (χ4v) is 2.80. The third-order valence-electron chi connectivity index (χ3n) is 3.78. The molecule has 0 saturated carbocycles. The van der Waals surface area contributed by atoms with Crippen molar-refractivity contribution in [2.24, 2.45) is 0 Å². The van der Waals surface area contributed by atoms with Crippen LogP contribution in [-0.4, -0.2) is 24.5 Å². The lowest BCUT2D eigenvalue weighted by Gasteiger charge is -2.25. The van der Waals surface area contributed by atoms with Crippen molar-refractivity contribution in [1.82, 2.24) is 4.90 Å². The van der Waals surface area contributed by atoms with Crippen LogP contribution in [-0.2, 0) is 13.0 Å².